The Morgan fingerprint density at radius 3 is 2.35 bits per heavy atom. The maximum absolute atomic E-state index is 12.8. The highest BCUT2D eigenvalue weighted by atomic mass is 19.1. The van der Waals surface area contributed by atoms with Crippen molar-refractivity contribution in [2.75, 3.05) is 19.6 Å². The van der Waals surface area contributed by atoms with E-state index >= 15 is 0 Å². The Labute approximate surface area is 103 Å². The van der Waals surface area contributed by atoms with Gasteiger partial charge < -0.3 is 5.73 Å². The molecule has 0 unspecified atom stereocenters. The number of hydrogen-bond acceptors (Lipinski definition) is 2. The Bertz CT molecular complexity index is 353. The summed E-state index contributed by atoms with van der Waals surface area (Å²) in [4.78, 5) is 2.42. The van der Waals surface area contributed by atoms with Crippen LogP contribution < -0.4 is 5.73 Å². The molecule has 2 rings (SSSR count). The van der Waals surface area contributed by atoms with Gasteiger partial charge in [0, 0.05) is 6.54 Å². The molecule has 0 aliphatic carbocycles. The molecule has 1 aromatic rings. The van der Waals surface area contributed by atoms with Gasteiger partial charge in [0.05, 0.1) is 0 Å². The maximum atomic E-state index is 12.8. The molecule has 1 saturated heterocycles. The zero-order chi connectivity index (χ0) is 12.3. The Balaban J connectivity index is 1.88. The van der Waals surface area contributed by atoms with Gasteiger partial charge in [-0.1, -0.05) is 19.1 Å². The average Bonchev–Trinajstić information content (AvgIpc) is 2.35. The summed E-state index contributed by atoms with van der Waals surface area (Å²) in [5, 5.41) is 0. The lowest BCUT2D eigenvalue weighted by molar-refractivity contribution is 0.119. The number of rotatable bonds is 3. The van der Waals surface area contributed by atoms with Crippen molar-refractivity contribution < 1.29 is 4.39 Å². The predicted octanol–water partition coefficient (Wildman–Crippen LogP) is 2.39. The first-order valence-electron chi connectivity index (χ1n) is 6.28. The summed E-state index contributed by atoms with van der Waals surface area (Å²) >= 11 is 0. The molecule has 1 heterocycles. The summed E-state index contributed by atoms with van der Waals surface area (Å²) < 4.78 is 12.8. The van der Waals surface area contributed by atoms with Crippen LogP contribution in [0, 0.1) is 11.2 Å². The van der Waals surface area contributed by atoms with Crippen LogP contribution in [-0.4, -0.2) is 24.5 Å². The zero-order valence-electron chi connectivity index (χ0n) is 10.5. The number of hydrogen-bond donors (Lipinski definition) is 1. The number of benzene rings is 1. The molecule has 2 N–H and O–H groups in total. The van der Waals surface area contributed by atoms with E-state index in [1.807, 2.05) is 12.1 Å². The van der Waals surface area contributed by atoms with Crippen LogP contribution in [0.15, 0.2) is 24.3 Å². The molecule has 0 saturated carbocycles. The molecule has 0 amide bonds. The highest BCUT2D eigenvalue weighted by Crippen LogP contribution is 2.29. The SMILES string of the molecule is CC1(CN)CCN(Cc2ccc(F)cc2)CC1. The molecule has 1 fully saturated rings. The molecule has 1 aromatic carbocycles. The van der Waals surface area contributed by atoms with Crippen LogP contribution in [0.5, 0.6) is 0 Å². The number of piperidine rings is 1. The van der Waals surface area contributed by atoms with Crippen molar-refractivity contribution in [2.45, 2.75) is 26.3 Å². The summed E-state index contributed by atoms with van der Waals surface area (Å²) in [7, 11) is 0. The fourth-order valence-corrected chi connectivity index (χ4v) is 2.30. The van der Waals surface area contributed by atoms with Crippen LogP contribution in [0.1, 0.15) is 25.3 Å². The molecule has 3 heteroatoms. The first-order valence-corrected chi connectivity index (χ1v) is 6.28. The Morgan fingerprint density at radius 1 is 1.24 bits per heavy atom. The van der Waals surface area contributed by atoms with Crippen molar-refractivity contribution in [2.24, 2.45) is 11.1 Å². The van der Waals surface area contributed by atoms with Gasteiger partial charge in [-0.2, -0.15) is 0 Å². The van der Waals surface area contributed by atoms with Crippen molar-refractivity contribution in [3.63, 3.8) is 0 Å². The van der Waals surface area contributed by atoms with E-state index in [9.17, 15) is 4.39 Å². The maximum Gasteiger partial charge on any atom is 0.123 e. The summed E-state index contributed by atoms with van der Waals surface area (Å²) in [6, 6.07) is 6.80. The molecule has 0 bridgehead atoms. The lowest BCUT2D eigenvalue weighted by atomic mass is 9.80. The van der Waals surface area contributed by atoms with Crippen LogP contribution in [0.25, 0.3) is 0 Å². The van der Waals surface area contributed by atoms with E-state index < -0.39 is 0 Å². The summed E-state index contributed by atoms with van der Waals surface area (Å²) in [5.41, 5.74) is 7.29. The average molecular weight is 236 g/mol. The molecule has 0 aromatic heterocycles. The number of nitrogens with zero attached hydrogens (tertiary/aromatic N) is 1. The summed E-state index contributed by atoms with van der Waals surface area (Å²) in [5.74, 6) is -0.164. The van der Waals surface area contributed by atoms with Crippen molar-refractivity contribution in [3.05, 3.63) is 35.6 Å². The largest absolute Gasteiger partial charge is 0.330 e. The highest BCUT2D eigenvalue weighted by Gasteiger charge is 2.28. The van der Waals surface area contributed by atoms with Gasteiger partial charge >= 0.3 is 0 Å². The highest BCUT2D eigenvalue weighted by molar-refractivity contribution is 5.16. The number of nitrogens with two attached hydrogens (primary N) is 1. The van der Waals surface area contributed by atoms with E-state index in [0.29, 0.717) is 5.41 Å². The molecular formula is C14H21FN2. The van der Waals surface area contributed by atoms with Crippen molar-refractivity contribution in [1.82, 2.24) is 4.90 Å². The van der Waals surface area contributed by atoms with Gasteiger partial charge in [0.15, 0.2) is 0 Å². The number of halogens is 1. The van der Waals surface area contributed by atoms with Gasteiger partial charge in [0.2, 0.25) is 0 Å². The standard InChI is InChI=1S/C14H21FN2/c1-14(11-16)6-8-17(9-7-14)10-12-2-4-13(15)5-3-12/h2-5H,6-11,16H2,1H3. The normalized spacial score (nSPS) is 20.4. The lowest BCUT2D eigenvalue weighted by Crippen LogP contribution is -2.41. The Morgan fingerprint density at radius 2 is 1.82 bits per heavy atom. The summed E-state index contributed by atoms with van der Waals surface area (Å²) in [6.07, 6.45) is 2.31. The van der Waals surface area contributed by atoms with Crippen LogP contribution in [0.3, 0.4) is 0 Å². The van der Waals surface area contributed by atoms with Crippen LogP contribution in [-0.2, 0) is 6.54 Å². The molecule has 94 valence electrons. The van der Waals surface area contributed by atoms with E-state index in [1.54, 1.807) is 0 Å². The fourth-order valence-electron chi connectivity index (χ4n) is 2.30. The van der Waals surface area contributed by atoms with Crippen LogP contribution >= 0.6 is 0 Å². The van der Waals surface area contributed by atoms with Gasteiger partial charge in [0.25, 0.3) is 0 Å². The Hall–Kier alpha value is -0.930. The molecule has 2 nitrogen and oxygen atoms in total. The zero-order valence-corrected chi connectivity index (χ0v) is 10.5. The monoisotopic (exact) mass is 236 g/mol. The van der Waals surface area contributed by atoms with E-state index in [2.05, 4.69) is 11.8 Å². The quantitative estimate of drug-likeness (QED) is 0.873. The first-order chi connectivity index (χ1) is 8.11. The second-order valence-electron chi connectivity index (χ2n) is 5.42. The van der Waals surface area contributed by atoms with Gasteiger partial charge in [-0.15, -0.1) is 0 Å². The lowest BCUT2D eigenvalue weighted by Gasteiger charge is -2.38. The third kappa shape index (κ3) is 3.27. The van der Waals surface area contributed by atoms with Crippen molar-refractivity contribution in [3.8, 4) is 0 Å². The smallest absolute Gasteiger partial charge is 0.123 e. The van der Waals surface area contributed by atoms with Gasteiger partial charge in [-0.25, -0.2) is 4.39 Å². The fraction of sp³-hybridized carbons (Fsp3) is 0.571. The minimum absolute atomic E-state index is 0.164. The van der Waals surface area contributed by atoms with E-state index in [4.69, 9.17) is 5.73 Å². The minimum atomic E-state index is -0.164. The molecule has 0 spiro atoms. The van der Waals surface area contributed by atoms with E-state index in [0.717, 1.165) is 39.0 Å². The molecule has 17 heavy (non-hydrogen) atoms. The van der Waals surface area contributed by atoms with Crippen molar-refractivity contribution >= 4 is 0 Å². The molecule has 1 aliphatic heterocycles. The minimum Gasteiger partial charge on any atom is -0.330 e. The Kier molecular flexibility index (Phi) is 3.79. The van der Waals surface area contributed by atoms with Crippen LogP contribution in [0.2, 0.25) is 0 Å². The van der Waals surface area contributed by atoms with Gasteiger partial charge in [-0.3, -0.25) is 4.90 Å². The van der Waals surface area contributed by atoms with Crippen LogP contribution in [0.4, 0.5) is 4.39 Å². The topological polar surface area (TPSA) is 29.3 Å². The molecule has 1 aliphatic rings. The summed E-state index contributed by atoms with van der Waals surface area (Å²) in [6.45, 7) is 6.14. The van der Waals surface area contributed by atoms with Gasteiger partial charge in [-0.05, 0) is 55.6 Å². The number of likely N-dealkylation sites (tertiary alicyclic amines) is 1. The molecule has 0 radical (unpaired) electrons. The van der Waals surface area contributed by atoms with E-state index in [1.165, 1.54) is 17.7 Å². The van der Waals surface area contributed by atoms with Gasteiger partial charge in [0.1, 0.15) is 5.82 Å². The second kappa shape index (κ2) is 5.15. The second-order valence-corrected chi connectivity index (χ2v) is 5.42. The van der Waals surface area contributed by atoms with Crippen molar-refractivity contribution in [1.29, 1.82) is 0 Å². The molecular weight excluding hydrogens is 215 g/mol. The predicted molar refractivity (Wildman–Crippen MR) is 68.1 cm³/mol. The van der Waals surface area contributed by atoms with E-state index in [-0.39, 0.29) is 5.82 Å². The molecule has 0 atom stereocenters. The third-order valence-corrected chi connectivity index (χ3v) is 3.88. The third-order valence-electron chi connectivity index (χ3n) is 3.88. The first kappa shape index (κ1) is 12.5.